The Kier molecular flexibility index (Phi) is 4.27. The van der Waals surface area contributed by atoms with Crippen LogP contribution in [0.5, 0.6) is 11.5 Å². The number of carbonyl (C=O) groups is 2. The maximum absolute atomic E-state index is 12.1. The molecule has 0 unspecified atom stereocenters. The minimum absolute atomic E-state index is 0.0357. The number of nitrogens with one attached hydrogen (secondary N) is 1. The van der Waals surface area contributed by atoms with Crippen LogP contribution in [-0.4, -0.2) is 46.0 Å². The molecule has 0 bridgehead atoms. The lowest BCUT2D eigenvalue weighted by Crippen LogP contribution is -2.52. The zero-order valence-corrected chi connectivity index (χ0v) is 12.8. The first-order valence-electron chi connectivity index (χ1n) is 6.16. The average molecular weight is 337 g/mol. The summed E-state index contributed by atoms with van der Waals surface area (Å²) in [5.74, 6) is -2.16. The fourth-order valence-electron chi connectivity index (χ4n) is 1.90. The normalized spacial score (nSPS) is 16.5. The highest BCUT2D eigenvalue weighted by Crippen LogP contribution is 2.37. The van der Waals surface area contributed by atoms with E-state index in [2.05, 4.69) is 5.32 Å². The van der Waals surface area contributed by atoms with Crippen molar-refractivity contribution < 1.29 is 24.4 Å². The van der Waals surface area contributed by atoms with Crippen LogP contribution in [-0.2, 0) is 9.59 Å². The summed E-state index contributed by atoms with van der Waals surface area (Å²) in [6.45, 7) is 0. The average Bonchev–Trinajstić information content (AvgIpc) is 2.50. The molecule has 2 rings (SSSR count). The van der Waals surface area contributed by atoms with Crippen LogP contribution < -0.4 is 10.1 Å². The number of likely N-dealkylation sites (N-methyl/N-ethyl adjacent to an activating group) is 1. The van der Waals surface area contributed by atoms with Gasteiger partial charge in [0.25, 0.3) is 11.8 Å². The fraction of sp³-hybridized carbons (Fsp3) is 0.154. The maximum atomic E-state index is 12.1. The number of thiocarbonyl (C=S) groups is 1. The first kappa shape index (κ1) is 16.4. The van der Waals surface area contributed by atoms with Crippen LogP contribution in [0.3, 0.4) is 0 Å². The van der Waals surface area contributed by atoms with Gasteiger partial charge in [0.2, 0.25) is 5.75 Å². The molecule has 0 radical (unpaired) electrons. The van der Waals surface area contributed by atoms with Crippen LogP contribution in [0, 0.1) is 10.1 Å². The number of hydrogen-bond acceptors (Lipinski definition) is 7. The summed E-state index contributed by atoms with van der Waals surface area (Å²) >= 11 is 4.82. The third kappa shape index (κ3) is 2.97. The molecule has 23 heavy (non-hydrogen) atoms. The number of methoxy groups -OCH3 is 1. The number of hydrogen-bond donors (Lipinski definition) is 2. The number of benzene rings is 1. The lowest BCUT2D eigenvalue weighted by atomic mass is 10.1. The van der Waals surface area contributed by atoms with E-state index in [1.54, 1.807) is 0 Å². The molecule has 1 aromatic rings. The minimum atomic E-state index is -0.802. The van der Waals surface area contributed by atoms with Gasteiger partial charge in [-0.2, -0.15) is 0 Å². The van der Waals surface area contributed by atoms with Gasteiger partial charge in [0, 0.05) is 13.1 Å². The third-order valence-corrected chi connectivity index (χ3v) is 3.49. The third-order valence-electron chi connectivity index (χ3n) is 3.11. The van der Waals surface area contributed by atoms with Gasteiger partial charge < -0.3 is 9.84 Å². The lowest BCUT2D eigenvalue weighted by Gasteiger charge is -2.25. The van der Waals surface area contributed by atoms with E-state index in [1.165, 1.54) is 20.2 Å². The zero-order chi connectivity index (χ0) is 17.3. The van der Waals surface area contributed by atoms with Gasteiger partial charge in [0.15, 0.2) is 10.9 Å². The Bertz CT molecular complexity index is 773. The SMILES string of the molecule is COc1cc(/C=C2/C(=O)NC(=S)N(C)C2=O)cc([N+](=O)[O-])c1O. The number of phenols is 1. The molecule has 1 aliphatic heterocycles. The van der Waals surface area contributed by atoms with Gasteiger partial charge in [0.05, 0.1) is 12.0 Å². The Morgan fingerprint density at radius 3 is 2.65 bits per heavy atom. The molecule has 0 saturated carbocycles. The summed E-state index contributed by atoms with van der Waals surface area (Å²) in [5.41, 5.74) is -0.710. The highest BCUT2D eigenvalue weighted by molar-refractivity contribution is 7.80. The predicted molar refractivity (Wildman–Crippen MR) is 82.8 cm³/mol. The van der Waals surface area contributed by atoms with E-state index in [0.717, 1.165) is 17.0 Å². The van der Waals surface area contributed by atoms with E-state index in [9.17, 15) is 24.8 Å². The Balaban J connectivity index is 2.56. The van der Waals surface area contributed by atoms with Crippen molar-refractivity contribution in [2.75, 3.05) is 14.2 Å². The van der Waals surface area contributed by atoms with Crippen molar-refractivity contribution in [2.24, 2.45) is 0 Å². The number of ether oxygens (including phenoxy) is 1. The molecule has 10 heteroatoms. The molecule has 0 aliphatic carbocycles. The Morgan fingerprint density at radius 2 is 2.09 bits per heavy atom. The van der Waals surface area contributed by atoms with Crippen molar-refractivity contribution >= 4 is 40.9 Å². The number of rotatable bonds is 3. The lowest BCUT2D eigenvalue weighted by molar-refractivity contribution is -0.386. The second-order valence-corrected chi connectivity index (χ2v) is 4.92. The molecular formula is C13H11N3O6S. The summed E-state index contributed by atoms with van der Waals surface area (Å²) in [6.07, 6.45) is 1.16. The van der Waals surface area contributed by atoms with Crippen LogP contribution in [0.2, 0.25) is 0 Å². The number of nitro benzene ring substituents is 1. The van der Waals surface area contributed by atoms with Gasteiger partial charge in [-0.3, -0.25) is 29.9 Å². The van der Waals surface area contributed by atoms with E-state index in [4.69, 9.17) is 17.0 Å². The van der Waals surface area contributed by atoms with E-state index in [1.807, 2.05) is 0 Å². The van der Waals surface area contributed by atoms with Gasteiger partial charge in [-0.1, -0.05) is 0 Å². The standard InChI is InChI=1S/C13H11N3O6S/c1-15-12(19)7(11(18)14-13(15)23)3-6-4-8(16(20)21)10(17)9(5-6)22-2/h3-5,17H,1-2H3,(H,14,18,23)/b7-3-. The van der Waals surface area contributed by atoms with Gasteiger partial charge in [-0.25, -0.2) is 0 Å². The molecule has 0 atom stereocenters. The minimum Gasteiger partial charge on any atom is -0.500 e. The zero-order valence-electron chi connectivity index (χ0n) is 12.0. The maximum Gasteiger partial charge on any atom is 0.315 e. The van der Waals surface area contributed by atoms with Gasteiger partial charge in [-0.15, -0.1) is 0 Å². The van der Waals surface area contributed by atoms with Crippen molar-refractivity contribution in [3.05, 3.63) is 33.4 Å². The van der Waals surface area contributed by atoms with E-state index in [-0.39, 0.29) is 22.0 Å². The van der Waals surface area contributed by atoms with E-state index in [0.29, 0.717) is 0 Å². The molecule has 0 spiro atoms. The molecule has 1 fully saturated rings. The van der Waals surface area contributed by atoms with Crippen molar-refractivity contribution in [1.82, 2.24) is 10.2 Å². The van der Waals surface area contributed by atoms with Gasteiger partial charge >= 0.3 is 5.69 Å². The summed E-state index contributed by atoms with van der Waals surface area (Å²) < 4.78 is 4.86. The van der Waals surface area contributed by atoms with Crippen LogP contribution in [0.15, 0.2) is 17.7 Å². The molecule has 1 aromatic carbocycles. The van der Waals surface area contributed by atoms with Crippen molar-refractivity contribution in [3.63, 3.8) is 0 Å². The first-order valence-corrected chi connectivity index (χ1v) is 6.57. The predicted octanol–water partition coefficient (Wildman–Crippen LogP) is 0.565. The van der Waals surface area contributed by atoms with Crippen molar-refractivity contribution in [3.8, 4) is 11.5 Å². The molecule has 0 aromatic heterocycles. The Hall–Kier alpha value is -3.01. The summed E-state index contributed by atoms with van der Waals surface area (Å²) in [5, 5.41) is 23.0. The second kappa shape index (κ2) is 6.01. The second-order valence-electron chi connectivity index (χ2n) is 4.53. The fourth-order valence-corrected chi connectivity index (χ4v) is 2.08. The number of carbonyl (C=O) groups excluding carboxylic acids is 2. The topological polar surface area (TPSA) is 122 Å². The van der Waals surface area contributed by atoms with Crippen LogP contribution in [0.1, 0.15) is 5.56 Å². The van der Waals surface area contributed by atoms with Crippen LogP contribution >= 0.6 is 12.2 Å². The van der Waals surface area contributed by atoms with Crippen LogP contribution in [0.25, 0.3) is 6.08 Å². The van der Waals surface area contributed by atoms with Crippen LogP contribution in [0.4, 0.5) is 5.69 Å². The van der Waals surface area contributed by atoms with Gasteiger partial charge in [0.1, 0.15) is 5.57 Å². The molecule has 2 N–H and O–H groups in total. The molecular weight excluding hydrogens is 326 g/mol. The summed E-state index contributed by atoms with van der Waals surface area (Å²) in [6, 6.07) is 2.29. The largest absolute Gasteiger partial charge is 0.500 e. The number of nitro groups is 1. The van der Waals surface area contributed by atoms with Crippen molar-refractivity contribution in [2.45, 2.75) is 0 Å². The van der Waals surface area contributed by atoms with E-state index < -0.39 is 28.2 Å². The molecule has 120 valence electrons. The summed E-state index contributed by atoms with van der Waals surface area (Å²) in [7, 11) is 2.61. The number of nitrogens with zero attached hydrogens (tertiary/aromatic N) is 2. The van der Waals surface area contributed by atoms with Crippen molar-refractivity contribution in [1.29, 1.82) is 0 Å². The molecule has 1 aliphatic rings. The molecule has 1 heterocycles. The monoisotopic (exact) mass is 337 g/mol. The number of phenolic OH excluding ortho intramolecular Hbond substituents is 1. The molecule has 2 amide bonds. The highest BCUT2D eigenvalue weighted by Gasteiger charge is 2.31. The Morgan fingerprint density at radius 1 is 1.43 bits per heavy atom. The van der Waals surface area contributed by atoms with Gasteiger partial charge in [-0.05, 0) is 29.9 Å². The summed E-state index contributed by atoms with van der Waals surface area (Å²) in [4.78, 5) is 35.2. The first-order chi connectivity index (χ1) is 10.8. The number of aromatic hydroxyl groups is 1. The quantitative estimate of drug-likeness (QED) is 0.272. The number of amides is 2. The van der Waals surface area contributed by atoms with E-state index >= 15 is 0 Å². The smallest absolute Gasteiger partial charge is 0.315 e. The molecule has 9 nitrogen and oxygen atoms in total. The Labute approximate surface area is 135 Å². The molecule has 1 saturated heterocycles. The highest BCUT2D eigenvalue weighted by atomic mass is 32.1.